The Morgan fingerprint density at radius 2 is 1.94 bits per heavy atom. The standard InChI is InChI=1S/C12H14F3NO2/c1-17-10-5-9-6-16-3-2-8(9)4-11(10)18-7-12(13,14)15/h4-5,16H,2-3,6-7H2,1H3. The van der Waals surface area contributed by atoms with Crippen LogP contribution in [-0.2, 0) is 13.0 Å². The van der Waals surface area contributed by atoms with Crippen LogP contribution in [0.2, 0.25) is 0 Å². The van der Waals surface area contributed by atoms with Crippen molar-refractivity contribution in [2.45, 2.75) is 19.1 Å². The minimum absolute atomic E-state index is 0.149. The van der Waals surface area contributed by atoms with E-state index >= 15 is 0 Å². The third kappa shape index (κ3) is 3.07. The summed E-state index contributed by atoms with van der Waals surface area (Å²) in [5.74, 6) is 0.483. The molecule has 3 nitrogen and oxygen atoms in total. The molecule has 0 fully saturated rings. The van der Waals surface area contributed by atoms with Gasteiger partial charge in [0.15, 0.2) is 18.1 Å². The topological polar surface area (TPSA) is 30.5 Å². The molecule has 6 heteroatoms. The summed E-state index contributed by atoms with van der Waals surface area (Å²) in [4.78, 5) is 0. The lowest BCUT2D eigenvalue weighted by molar-refractivity contribution is -0.153. The molecule has 100 valence electrons. The number of hydrogen-bond donors (Lipinski definition) is 1. The number of rotatable bonds is 3. The Balaban J connectivity index is 2.22. The summed E-state index contributed by atoms with van der Waals surface area (Å²) in [5, 5.41) is 3.19. The Hall–Kier alpha value is -1.43. The van der Waals surface area contributed by atoms with Crippen molar-refractivity contribution in [2.75, 3.05) is 20.3 Å². The smallest absolute Gasteiger partial charge is 0.422 e. The molecule has 0 amide bonds. The third-order valence-electron chi connectivity index (χ3n) is 2.76. The van der Waals surface area contributed by atoms with Gasteiger partial charge in [-0.15, -0.1) is 0 Å². The molecule has 18 heavy (non-hydrogen) atoms. The van der Waals surface area contributed by atoms with Gasteiger partial charge in [-0.25, -0.2) is 0 Å². The number of hydrogen-bond acceptors (Lipinski definition) is 3. The van der Waals surface area contributed by atoms with Crippen molar-refractivity contribution in [1.82, 2.24) is 5.32 Å². The minimum atomic E-state index is -4.34. The molecule has 0 radical (unpaired) electrons. The number of halogens is 3. The Kier molecular flexibility index (Phi) is 3.65. The first-order valence-corrected chi connectivity index (χ1v) is 5.59. The Morgan fingerprint density at radius 1 is 1.22 bits per heavy atom. The maximum atomic E-state index is 12.1. The molecule has 0 unspecified atom stereocenters. The third-order valence-corrected chi connectivity index (χ3v) is 2.76. The van der Waals surface area contributed by atoms with Crippen LogP contribution in [0.1, 0.15) is 11.1 Å². The molecule has 1 aromatic rings. The largest absolute Gasteiger partial charge is 0.493 e. The van der Waals surface area contributed by atoms with Crippen LogP contribution in [0.3, 0.4) is 0 Å². The highest BCUT2D eigenvalue weighted by Crippen LogP contribution is 2.33. The van der Waals surface area contributed by atoms with Crippen molar-refractivity contribution in [2.24, 2.45) is 0 Å². The lowest BCUT2D eigenvalue weighted by atomic mass is 10.0. The van der Waals surface area contributed by atoms with Crippen molar-refractivity contribution >= 4 is 0 Å². The average molecular weight is 261 g/mol. The lowest BCUT2D eigenvalue weighted by Gasteiger charge is -2.20. The van der Waals surface area contributed by atoms with Gasteiger partial charge >= 0.3 is 6.18 Å². The summed E-state index contributed by atoms with van der Waals surface area (Å²) in [6.07, 6.45) is -3.57. The molecule has 1 heterocycles. The van der Waals surface area contributed by atoms with E-state index in [1.165, 1.54) is 7.11 Å². The molecule has 0 spiro atoms. The van der Waals surface area contributed by atoms with Crippen LogP contribution in [0.5, 0.6) is 11.5 Å². The Labute approximate surface area is 103 Å². The zero-order valence-corrected chi connectivity index (χ0v) is 9.93. The van der Waals surface area contributed by atoms with Gasteiger partial charge in [0.2, 0.25) is 0 Å². The second-order valence-corrected chi connectivity index (χ2v) is 4.10. The maximum Gasteiger partial charge on any atom is 0.422 e. The summed E-state index contributed by atoms with van der Waals surface area (Å²) in [5.41, 5.74) is 2.05. The van der Waals surface area contributed by atoms with E-state index in [1.807, 2.05) is 0 Å². The Morgan fingerprint density at radius 3 is 2.61 bits per heavy atom. The molecule has 0 saturated carbocycles. The van der Waals surface area contributed by atoms with Crippen LogP contribution in [0.25, 0.3) is 0 Å². The Bertz CT molecular complexity index is 432. The lowest BCUT2D eigenvalue weighted by Crippen LogP contribution is -2.24. The van der Waals surface area contributed by atoms with E-state index in [4.69, 9.17) is 9.47 Å². The molecule has 1 aromatic carbocycles. The first kappa shape index (κ1) is 13.0. The highest BCUT2D eigenvalue weighted by molar-refractivity contribution is 5.48. The van der Waals surface area contributed by atoms with Crippen molar-refractivity contribution in [1.29, 1.82) is 0 Å². The number of alkyl halides is 3. The van der Waals surface area contributed by atoms with E-state index in [1.54, 1.807) is 12.1 Å². The second-order valence-electron chi connectivity index (χ2n) is 4.10. The summed E-state index contributed by atoms with van der Waals surface area (Å²) in [7, 11) is 1.42. The molecule has 1 aliphatic rings. The fraction of sp³-hybridized carbons (Fsp3) is 0.500. The normalized spacial score (nSPS) is 15.1. The highest BCUT2D eigenvalue weighted by Gasteiger charge is 2.29. The van der Waals surface area contributed by atoms with Crippen molar-refractivity contribution in [3.8, 4) is 11.5 Å². The molecular weight excluding hydrogens is 247 g/mol. The molecule has 2 rings (SSSR count). The zero-order chi connectivity index (χ0) is 13.2. The highest BCUT2D eigenvalue weighted by atomic mass is 19.4. The summed E-state index contributed by atoms with van der Waals surface area (Å²) < 4.78 is 46.3. The van der Waals surface area contributed by atoms with Gasteiger partial charge in [0.05, 0.1) is 7.11 Å². The molecule has 0 aliphatic carbocycles. The predicted octanol–water partition coefficient (Wildman–Crippen LogP) is 2.28. The molecule has 0 atom stereocenters. The van der Waals surface area contributed by atoms with Crippen molar-refractivity contribution in [3.05, 3.63) is 23.3 Å². The van der Waals surface area contributed by atoms with Gasteiger partial charge in [-0.2, -0.15) is 13.2 Å². The van der Waals surface area contributed by atoms with E-state index in [0.717, 1.165) is 24.1 Å². The van der Waals surface area contributed by atoms with Crippen LogP contribution in [0.15, 0.2) is 12.1 Å². The average Bonchev–Trinajstić information content (AvgIpc) is 2.34. The van der Waals surface area contributed by atoms with E-state index in [-0.39, 0.29) is 5.75 Å². The van der Waals surface area contributed by atoms with Gasteiger partial charge < -0.3 is 14.8 Å². The SMILES string of the molecule is COc1cc2c(cc1OCC(F)(F)F)CCNC2. The number of methoxy groups -OCH3 is 1. The first-order chi connectivity index (χ1) is 8.49. The number of fused-ring (bicyclic) bond motifs is 1. The van der Waals surface area contributed by atoms with Crippen LogP contribution >= 0.6 is 0 Å². The van der Waals surface area contributed by atoms with Crippen LogP contribution in [-0.4, -0.2) is 26.4 Å². The van der Waals surface area contributed by atoms with E-state index < -0.39 is 12.8 Å². The van der Waals surface area contributed by atoms with Crippen LogP contribution < -0.4 is 14.8 Å². The first-order valence-electron chi connectivity index (χ1n) is 5.59. The van der Waals surface area contributed by atoms with Gasteiger partial charge in [-0.3, -0.25) is 0 Å². The minimum Gasteiger partial charge on any atom is -0.493 e. The summed E-state index contributed by atoms with van der Waals surface area (Å²) in [6, 6.07) is 3.37. The fourth-order valence-electron chi connectivity index (χ4n) is 1.92. The molecule has 1 N–H and O–H groups in total. The van der Waals surface area contributed by atoms with Gasteiger partial charge in [0.1, 0.15) is 0 Å². The van der Waals surface area contributed by atoms with Gasteiger partial charge in [0.25, 0.3) is 0 Å². The molecule has 0 bridgehead atoms. The number of benzene rings is 1. The van der Waals surface area contributed by atoms with Gasteiger partial charge in [-0.05, 0) is 36.2 Å². The molecule has 0 aromatic heterocycles. The molecule has 1 aliphatic heterocycles. The zero-order valence-electron chi connectivity index (χ0n) is 9.93. The summed E-state index contributed by atoms with van der Waals surface area (Å²) in [6.45, 7) is 0.212. The maximum absolute atomic E-state index is 12.1. The van der Waals surface area contributed by atoms with Crippen molar-refractivity contribution < 1.29 is 22.6 Å². The summed E-state index contributed by atoms with van der Waals surface area (Å²) >= 11 is 0. The quantitative estimate of drug-likeness (QED) is 0.905. The monoisotopic (exact) mass is 261 g/mol. The molecule has 0 saturated heterocycles. The fourth-order valence-corrected chi connectivity index (χ4v) is 1.92. The van der Waals surface area contributed by atoms with Crippen LogP contribution in [0, 0.1) is 0 Å². The van der Waals surface area contributed by atoms with Gasteiger partial charge in [-0.1, -0.05) is 0 Å². The number of nitrogens with one attached hydrogen (secondary N) is 1. The van der Waals surface area contributed by atoms with Crippen molar-refractivity contribution in [3.63, 3.8) is 0 Å². The van der Waals surface area contributed by atoms with E-state index in [9.17, 15) is 13.2 Å². The number of ether oxygens (including phenoxy) is 2. The second kappa shape index (κ2) is 5.06. The van der Waals surface area contributed by atoms with E-state index in [0.29, 0.717) is 12.3 Å². The van der Waals surface area contributed by atoms with Gasteiger partial charge in [0, 0.05) is 6.54 Å². The predicted molar refractivity (Wildman–Crippen MR) is 60.0 cm³/mol. The van der Waals surface area contributed by atoms with Crippen LogP contribution in [0.4, 0.5) is 13.2 Å². The van der Waals surface area contributed by atoms with E-state index in [2.05, 4.69) is 5.32 Å². The molecular formula is C12H14F3NO2.